The van der Waals surface area contributed by atoms with Crippen molar-refractivity contribution in [1.29, 1.82) is 0 Å². The monoisotopic (exact) mass is 284 g/mol. The second kappa shape index (κ2) is 4.90. The molecule has 0 atom stereocenters. The van der Waals surface area contributed by atoms with Crippen LogP contribution in [0.25, 0.3) is 11.2 Å². The van der Waals surface area contributed by atoms with E-state index < -0.39 is 11.2 Å². The van der Waals surface area contributed by atoms with E-state index in [4.69, 9.17) is 17.4 Å². The summed E-state index contributed by atoms with van der Waals surface area (Å²) in [6.07, 6.45) is 1.70. The molecule has 9 heteroatoms. The summed E-state index contributed by atoms with van der Waals surface area (Å²) in [6, 6.07) is 0. The number of allylic oxidation sites excluding steroid dienone is 2. The SMILES string of the molecule is C/C=C(\Cl)Cn1c(NN)nc2c1c(=O)[nH]c(=O)n2C. The molecule has 0 spiro atoms. The minimum Gasteiger partial charge on any atom is -0.298 e. The average molecular weight is 285 g/mol. The maximum absolute atomic E-state index is 11.9. The Kier molecular flexibility index (Phi) is 3.45. The fourth-order valence-electron chi connectivity index (χ4n) is 1.74. The van der Waals surface area contributed by atoms with Gasteiger partial charge in [-0.25, -0.2) is 10.6 Å². The zero-order valence-corrected chi connectivity index (χ0v) is 11.2. The van der Waals surface area contributed by atoms with Gasteiger partial charge in [-0.15, -0.1) is 0 Å². The molecule has 0 aliphatic rings. The second-order valence-corrected chi connectivity index (χ2v) is 4.38. The number of hydrogen-bond donors (Lipinski definition) is 3. The number of aryl methyl sites for hydroxylation is 1. The van der Waals surface area contributed by atoms with Gasteiger partial charge in [0.1, 0.15) is 0 Å². The molecule has 19 heavy (non-hydrogen) atoms. The predicted molar refractivity (Wildman–Crippen MR) is 73.0 cm³/mol. The highest BCUT2D eigenvalue weighted by atomic mass is 35.5. The lowest BCUT2D eigenvalue weighted by atomic mass is 10.4. The van der Waals surface area contributed by atoms with Crippen LogP contribution in [0.2, 0.25) is 0 Å². The van der Waals surface area contributed by atoms with Crippen LogP contribution in [-0.2, 0) is 13.6 Å². The Bertz CT molecular complexity index is 769. The third kappa shape index (κ3) is 2.15. The molecular formula is C10H13ClN6O2. The minimum absolute atomic E-state index is 0.232. The van der Waals surface area contributed by atoms with Gasteiger partial charge in [0, 0.05) is 12.1 Å². The van der Waals surface area contributed by atoms with Gasteiger partial charge in [0.25, 0.3) is 5.56 Å². The van der Waals surface area contributed by atoms with Crippen LogP contribution in [0.4, 0.5) is 5.95 Å². The zero-order chi connectivity index (χ0) is 14.2. The van der Waals surface area contributed by atoms with E-state index in [1.807, 2.05) is 0 Å². The van der Waals surface area contributed by atoms with Gasteiger partial charge in [0.2, 0.25) is 5.95 Å². The van der Waals surface area contributed by atoms with Gasteiger partial charge in [-0.3, -0.25) is 24.3 Å². The van der Waals surface area contributed by atoms with Crippen molar-refractivity contribution in [2.45, 2.75) is 13.5 Å². The minimum atomic E-state index is -0.539. The topological polar surface area (TPSA) is 111 Å². The summed E-state index contributed by atoms with van der Waals surface area (Å²) < 4.78 is 2.74. The molecule has 0 saturated carbocycles. The van der Waals surface area contributed by atoms with Gasteiger partial charge >= 0.3 is 5.69 Å². The Hall–Kier alpha value is -2.06. The molecule has 4 N–H and O–H groups in total. The number of anilines is 1. The van der Waals surface area contributed by atoms with Gasteiger partial charge < -0.3 is 0 Å². The van der Waals surface area contributed by atoms with E-state index in [-0.39, 0.29) is 23.7 Å². The molecule has 0 aliphatic heterocycles. The summed E-state index contributed by atoms with van der Waals surface area (Å²) in [6.45, 7) is 2.01. The molecule has 8 nitrogen and oxygen atoms in total. The van der Waals surface area contributed by atoms with Crippen molar-refractivity contribution in [3.05, 3.63) is 31.9 Å². The van der Waals surface area contributed by atoms with Crippen molar-refractivity contribution < 1.29 is 0 Å². The van der Waals surface area contributed by atoms with Crippen LogP contribution in [0, 0.1) is 0 Å². The zero-order valence-electron chi connectivity index (χ0n) is 10.4. The highest BCUT2D eigenvalue weighted by molar-refractivity contribution is 6.29. The Labute approximate surface area is 112 Å². The summed E-state index contributed by atoms with van der Waals surface area (Å²) in [5.74, 6) is 5.63. The van der Waals surface area contributed by atoms with Gasteiger partial charge in [-0.1, -0.05) is 17.7 Å². The van der Waals surface area contributed by atoms with Crippen LogP contribution in [-0.4, -0.2) is 19.1 Å². The Morgan fingerprint density at radius 2 is 2.26 bits per heavy atom. The summed E-state index contributed by atoms with van der Waals surface area (Å²) in [4.78, 5) is 29.8. The number of aromatic amines is 1. The summed E-state index contributed by atoms with van der Waals surface area (Å²) >= 11 is 5.97. The first-order valence-corrected chi connectivity index (χ1v) is 5.84. The Morgan fingerprint density at radius 1 is 1.58 bits per heavy atom. The van der Waals surface area contributed by atoms with Crippen LogP contribution in [0.1, 0.15) is 6.92 Å². The Balaban J connectivity index is 2.85. The van der Waals surface area contributed by atoms with E-state index in [0.29, 0.717) is 5.03 Å². The first-order valence-electron chi connectivity index (χ1n) is 5.46. The average Bonchev–Trinajstić information content (AvgIpc) is 2.75. The smallest absolute Gasteiger partial charge is 0.298 e. The summed E-state index contributed by atoms with van der Waals surface area (Å²) in [7, 11) is 1.51. The van der Waals surface area contributed by atoms with Crippen molar-refractivity contribution >= 4 is 28.7 Å². The maximum Gasteiger partial charge on any atom is 0.329 e. The molecule has 0 bridgehead atoms. The molecule has 2 rings (SSSR count). The largest absolute Gasteiger partial charge is 0.329 e. The van der Waals surface area contributed by atoms with Crippen molar-refractivity contribution in [2.24, 2.45) is 12.9 Å². The first kappa shape index (κ1) is 13.4. The van der Waals surface area contributed by atoms with Crippen LogP contribution in [0.15, 0.2) is 20.7 Å². The summed E-state index contributed by atoms with van der Waals surface area (Å²) in [5, 5.41) is 0.518. The van der Waals surface area contributed by atoms with E-state index in [2.05, 4.69) is 15.4 Å². The van der Waals surface area contributed by atoms with Gasteiger partial charge in [0.05, 0.1) is 6.54 Å². The van der Waals surface area contributed by atoms with Gasteiger partial charge in [0.15, 0.2) is 11.2 Å². The van der Waals surface area contributed by atoms with Gasteiger partial charge in [-0.05, 0) is 6.92 Å². The molecule has 0 radical (unpaired) electrons. The Morgan fingerprint density at radius 3 is 2.84 bits per heavy atom. The number of hydrazine groups is 1. The van der Waals surface area contributed by atoms with E-state index in [9.17, 15) is 9.59 Å². The second-order valence-electron chi connectivity index (χ2n) is 3.89. The number of H-pyrrole nitrogens is 1. The molecule has 0 aromatic carbocycles. The molecule has 0 saturated heterocycles. The molecule has 102 valence electrons. The number of rotatable bonds is 3. The van der Waals surface area contributed by atoms with E-state index in [1.165, 1.54) is 16.2 Å². The molecule has 2 aromatic rings. The molecule has 0 aliphatic carbocycles. The van der Waals surface area contributed by atoms with Crippen LogP contribution in [0.5, 0.6) is 0 Å². The fraction of sp³-hybridized carbons (Fsp3) is 0.300. The first-order chi connectivity index (χ1) is 8.99. The number of imidazole rings is 1. The number of fused-ring (bicyclic) bond motifs is 1. The van der Waals surface area contributed by atoms with Crippen molar-refractivity contribution in [1.82, 2.24) is 19.1 Å². The van der Waals surface area contributed by atoms with Crippen LogP contribution >= 0.6 is 11.6 Å². The number of aromatic nitrogens is 4. The lowest BCUT2D eigenvalue weighted by Crippen LogP contribution is -2.29. The molecule has 2 aromatic heterocycles. The lowest BCUT2D eigenvalue weighted by molar-refractivity contribution is 0.814. The standard InChI is InChI=1S/C10H13ClN6O2/c1-3-5(11)4-17-6-7(13-9(17)15-12)16(2)10(19)14-8(6)18/h3H,4,12H2,1-2H3,(H,13,15)(H,14,18,19)/b5-3-. The van der Waals surface area contributed by atoms with E-state index in [0.717, 1.165) is 0 Å². The van der Waals surface area contributed by atoms with Crippen LogP contribution < -0.4 is 22.5 Å². The fourth-order valence-corrected chi connectivity index (χ4v) is 1.86. The number of hydrogen-bond acceptors (Lipinski definition) is 5. The highest BCUT2D eigenvalue weighted by Gasteiger charge is 2.16. The number of nitrogen functional groups attached to an aromatic ring is 1. The normalized spacial score (nSPS) is 12.1. The third-order valence-electron chi connectivity index (χ3n) is 2.76. The maximum atomic E-state index is 11.9. The molecule has 0 unspecified atom stereocenters. The van der Waals surface area contributed by atoms with Gasteiger partial charge in [-0.2, -0.15) is 4.98 Å². The summed E-state index contributed by atoms with van der Waals surface area (Å²) in [5.41, 5.74) is 1.78. The number of nitrogens with two attached hydrogens (primary N) is 1. The number of nitrogens with zero attached hydrogens (tertiary/aromatic N) is 3. The van der Waals surface area contributed by atoms with E-state index >= 15 is 0 Å². The number of halogens is 1. The van der Waals surface area contributed by atoms with Crippen molar-refractivity contribution in [3.8, 4) is 0 Å². The molecule has 0 fully saturated rings. The highest BCUT2D eigenvalue weighted by Crippen LogP contribution is 2.17. The van der Waals surface area contributed by atoms with E-state index in [1.54, 1.807) is 13.0 Å². The lowest BCUT2D eigenvalue weighted by Gasteiger charge is -2.06. The van der Waals surface area contributed by atoms with Crippen molar-refractivity contribution in [2.75, 3.05) is 5.43 Å². The molecular weight excluding hydrogens is 272 g/mol. The number of nitrogens with one attached hydrogen (secondary N) is 2. The van der Waals surface area contributed by atoms with Crippen molar-refractivity contribution in [3.63, 3.8) is 0 Å². The quantitative estimate of drug-likeness (QED) is 0.536. The molecule has 0 amide bonds. The predicted octanol–water partition coefficient (Wildman–Crippen LogP) is -0.149. The third-order valence-corrected chi connectivity index (χ3v) is 3.10. The molecule has 2 heterocycles. The van der Waals surface area contributed by atoms with Crippen LogP contribution in [0.3, 0.4) is 0 Å².